The maximum Gasteiger partial charge on any atom is 0.243 e. The first-order valence-corrected chi connectivity index (χ1v) is 3.83. The molecule has 1 aromatic heterocycles. The largest absolute Gasteiger partial charge is 1.00 e. The number of imidazole rings is 1. The van der Waals surface area contributed by atoms with Gasteiger partial charge in [0.15, 0.2) is 6.29 Å². The highest BCUT2D eigenvalue weighted by atomic mass is 79.9. The number of ether oxygens (including phenoxy) is 2. The molecule has 0 unspecified atom stereocenters. The fraction of sp³-hybridized carbons (Fsp3) is 0.625. The van der Waals surface area contributed by atoms with Crippen LogP contribution in [0.5, 0.6) is 0 Å². The SMILES string of the molecule is COC(Cn1cc[n+](C)c1)OC.[Br-]. The van der Waals surface area contributed by atoms with Crippen LogP contribution in [0, 0.1) is 0 Å². The van der Waals surface area contributed by atoms with Crippen molar-refractivity contribution in [2.45, 2.75) is 12.8 Å². The summed E-state index contributed by atoms with van der Waals surface area (Å²) in [6, 6.07) is 0. The number of halogens is 1. The summed E-state index contributed by atoms with van der Waals surface area (Å²) in [6.07, 6.45) is 5.76. The van der Waals surface area contributed by atoms with E-state index >= 15 is 0 Å². The molecule has 0 spiro atoms. The van der Waals surface area contributed by atoms with Gasteiger partial charge in [-0.25, -0.2) is 9.13 Å². The fourth-order valence-electron chi connectivity index (χ4n) is 1.03. The molecule has 0 atom stereocenters. The standard InChI is InChI=1S/C8H15N2O2.BrH/c1-9-4-5-10(7-9)6-8(11-2)12-3;/h4-5,7-8H,6H2,1-3H3;1H/q+1;/p-1. The second-order valence-corrected chi connectivity index (χ2v) is 2.68. The van der Waals surface area contributed by atoms with E-state index in [0.29, 0.717) is 6.54 Å². The van der Waals surface area contributed by atoms with Gasteiger partial charge < -0.3 is 26.5 Å². The summed E-state index contributed by atoms with van der Waals surface area (Å²) < 4.78 is 14.1. The minimum atomic E-state index is -0.169. The molecule has 0 radical (unpaired) electrons. The number of hydrogen-bond acceptors (Lipinski definition) is 2. The molecule has 13 heavy (non-hydrogen) atoms. The third kappa shape index (κ3) is 3.89. The van der Waals surface area contributed by atoms with Crippen LogP contribution in [0.25, 0.3) is 0 Å². The molecule has 1 aromatic rings. The van der Waals surface area contributed by atoms with Crippen LogP contribution in [0.3, 0.4) is 0 Å². The van der Waals surface area contributed by atoms with Crippen molar-refractivity contribution in [3.63, 3.8) is 0 Å². The first-order valence-electron chi connectivity index (χ1n) is 3.83. The Balaban J connectivity index is 0.00000144. The minimum Gasteiger partial charge on any atom is -1.00 e. The molecule has 0 amide bonds. The van der Waals surface area contributed by atoms with Crippen molar-refractivity contribution in [1.82, 2.24) is 4.57 Å². The zero-order chi connectivity index (χ0) is 8.97. The lowest BCUT2D eigenvalue weighted by molar-refractivity contribution is -0.671. The summed E-state index contributed by atoms with van der Waals surface area (Å²) in [5.41, 5.74) is 0. The highest BCUT2D eigenvalue weighted by molar-refractivity contribution is 4.66. The van der Waals surface area contributed by atoms with E-state index in [9.17, 15) is 0 Å². The predicted octanol–water partition coefficient (Wildman–Crippen LogP) is -3.06. The predicted molar refractivity (Wildman–Crippen MR) is 43.4 cm³/mol. The lowest BCUT2D eigenvalue weighted by Crippen LogP contribution is -3.00. The summed E-state index contributed by atoms with van der Waals surface area (Å²) in [7, 11) is 5.25. The van der Waals surface area contributed by atoms with E-state index in [0.717, 1.165) is 0 Å². The van der Waals surface area contributed by atoms with Gasteiger partial charge in [-0.1, -0.05) is 0 Å². The third-order valence-electron chi connectivity index (χ3n) is 1.71. The molecular weight excluding hydrogens is 236 g/mol. The van der Waals surface area contributed by atoms with Gasteiger partial charge in [0.1, 0.15) is 18.9 Å². The molecule has 1 heterocycles. The first-order chi connectivity index (χ1) is 5.76. The zero-order valence-corrected chi connectivity index (χ0v) is 9.69. The van der Waals surface area contributed by atoms with Crippen molar-refractivity contribution in [1.29, 1.82) is 0 Å². The highest BCUT2D eigenvalue weighted by Crippen LogP contribution is 1.95. The molecule has 0 fully saturated rings. The molecule has 0 aliphatic heterocycles. The van der Waals surface area contributed by atoms with E-state index < -0.39 is 0 Å². The number of hydrogen-bond donors (Lipinski definition) is 0. The van der Waals surface area contributed by atoms with Crippen molar-refractivity contribution in [2.75, 3.05) is 14.2 Å². The Morgan fingerprint density at radius 3 is 2.38 bits per heavy atom. The van der Waals surface area contributed by atoms with Gasteiger partial charge in [0.2, 0.25) is 6.33 Å². The van der Waals surface area contributed by atoms with E-state index in [2.05, 4.69) is 0 Å². The van der Waals surface area contributed by atoms with Crippen LogP contribution in [0.15, 0.2) is 18.7 Å². The lowest BCUT2D eigenvalue weighted by Gasteiger charge is -2.09. The van der Waals surface area contributed by atoms with E-state index in [1.807, 2.05) is 34.9 Å². The second kappa shape index (κ2) is 6.12. The highest BCUT2D eigenvalue weighted by Gasteiger charge is 2.09. The number of nitrogens with zero attached hydrogens (tertiary/aromatic N) is 2. The van der Waals surface area contributed by atoms with Crippen LogP contribution in [-0.4, -0.2) is 25.1 Å². The van der Waals surface area contributed by atoms with Gasteiger partial charge in [-0.15, -0.1) is 0 Å². The van der Waals surface area contributed by atoms with Gasteiger partial charge >= 0.3 is 0 Å². The molecular formula is C8H15BrN2O2. The van der Waals surface area contributed by atoms with Crippen LogP contribution < -0.4 is 21.5 Å². The van der Waals surface area contributed by atoms with Crippen molar-refractivity contribution >= 4 is 0 Å². The average Bonchev–Trinajstić information content (AvgIpc) is 2.47. The molecule has 0 saturated carbocycles. The summed E-state index contributed by atoms with van der Waals surface area (Å²) >= 11 is 0. The van der Waals surface area contributed by atoms with Crippen molar-refractivity contribution in [3.05, 3.63) is 18.7 Å². The van der Waals surface area contributed by atoms with Gasteiger partial charge in [0.05, 0.1) is 7.05 Å². The molecule has 1 rings (SSSR count). The Kier molecular flexibility index (Phi) is 5.94. The van der Waals surface area contributed by atoms with Gasteiger partial charge in [-0.3, -0.25) is 0 Å². The summed E-state index contributed by atoms with van der Waals surface area (Å²) in [5, 5.41) is 0. The van der Waals surface area contributed by atoms with E-state index in [-0.39, 0.29) is 23.3 Å². The van der Waals surface area contributed by atoms with E-state index in [1.54, 1.807) is 14.2 Å². The topological polar surface area (TPSA) is 27.3 Å². The number of rotatable bonds is 4. The quantitative estimate of drug-likeness (QED) is 0.419. The molecule has 0 N–H and O–H groups in total. The summed E-state index contributed by atoms with van der Waals surface area (Å²) in [5.74, 6) is 0. The molecule has 5 heteroatoms. The van der Waals surface area contributed by atoms with Crippen LogP contribution >= 0.6 is 0 Å². The van der Waals surface area contributed by atoms with Crippen LogP contribution in [0.2, 0.25) is 0 Å². The Labute approximate surface area is 88.8 Å². The monoisotopic (exact) mass is 250 g/mol. The molecule has 0 aromatic carbocycles. The van der Waals surface area contributed by atoms with Crippen molar-refractivity contribution in [3.8, 4) is 0 Å². The number of methoxy groups -OCH3 is 2. The van der Waals surface area contributed by atoms with Crippen LogP contribution in [0.1, 0.15) is 0 Å². The smallest absolute Gasteiger partial charge is 0.243 e. The molecule has 0 bridgehead atoms. The fourth-order valence-corrected chi connectivity index (χ4v) is 1.03. The van der Waals surface area contributed by atoms with Crippen molar-refractivity contribution < 1.29 is 31.0 Å². The Hall–Kier alpha value is -0.390. The molecule has 0 saturated heterocycles. The van der Waals surface area contributed by atoms with Gasteiger partial charge in [-0.2, -0.15) is 0 Å². The second-order valence-electron chi connectivity index (χ2n) is 2.68. The van der Waals surface area contributed by atoms with Gasteiger partial charge in [-0.05, 0) is 0 Å². The van der Waals surface area contributed by atoms with E-state index in [4.69, 9.17) is 9.47 Å². The first kappa shape index (κ1) is 12.6. The average molecular weight is 251 g/mol. The van der Waals surface area contributed by atoms with E-state index in [1.165, 1.54) is 0 Å². The molecule has 76 valence electrons. The zero-order valence-electron chi connectivity index (χ0n) is 8.11. The summed E-state index contributed by atoms with van der Waals surface area (Å²) in [6.45, 7) is 0.716. The maximum atomic E-state index is 5.06. The summed E-state index contributed by atoms with van der Waals surface area (Å²) in [4.78, 5) is 0. The van der Waals surface area contributed by atoms with Crippen molar-refractivity contribution in [2.24, 2.45) is 7.05 Å². The maximum absolute atomic E-state index is 5.06. The molecule has 4 nitrogen and oxygen atoms in total. The lowest BCUT2D eigenvalue weighted by atomic mass is 10.6. The van der Waals surface area contributed by atoms with Crippen LogP contribution in [-0.2, 0) is 23.1 Å². The number of aryl methyl sites for hydroxylation is 1. The van der Waals surface area contributed by atoms with Crippen LogP contribution in [0.4, 0.5) is 0 Å². The number of aromatic nitrogens is 2. The minimum absolute atomic E-state index is 0. The Morgan fingerprint density at radius 2 is 2.00 bits per heavy atom. The Morgan fingerprint density at radius 1 is 1.38 bits per heavy atom. The molecule has 0 aliphatic rings. The van der Waals surface area contributed by atoms with Gasteiger partial charge in [0.25, 0.3) is 0 Å². The Bertz CT molecular complexity index is 236. The third-order valence-corrected chi connectivity index (χ3v) is 1.71. The van der Waals surface area contributed by atoms with Gasteiger partial charge in [0, 0.05) is 14.2 Å². The molecule has 0 aliphatic carbocycles. The normalized spacial score (nSPS) is 10.2.